The molecule has 0 bridgehead atoms. The van der Waals surface area contributed by atoms with Crippen LogP contribution in [0.2, 0.25) is 0 Å². The fourth-order valence-electron chi connectivity index (χ4n) is 3.46. The summed E-state index contributed by atoms with van der Waals surface area (Å²) in [4.78, 5) is 24.0. The van der Waals surface area contributed by atoms with E-state index in [1.165, 1.54) is 16.4 Å². The normalized spacial score (nSPS) is 17.3. The molecule has 1 fully saturated rings. The second kappa shape index (κ2) is 9.82. The molecule has 0 radical (unpaired) electrons. The first kappa shape index (κ1) is 21.9. The standard InChI is InChI=1S/C21H24FN3O4S/c22-16-9-11-19(12-10-16)30(28,29)25-15-5-4-8-18(25)13-14-23-20(26)21(27)24-17-6-2-1-3-7-17/h1-3,6-7,9-12,18H,4-5,8,13-15H2,(H,23,26)(H,24,27)/t18-/m1/s1. The summed E-state index contributed by atoms with van der Waals surface area (Å²) in [6.07, 6.45) is 2.66. The first-order valence-corrected chi connectivity index (χ1v) is 11.2. The first-order chi connectivity index (χ1) is 14.4. The molecule has 2 amide bonds. The van der Waals surface area contributed by atoms with Crippen LogP contribution in [0.1, 0.15) is 25.7 Å². The van der Waals surface area contributed by atoms with Crippen molar-refractivity contribution in [2.45, 2.75) is 36.6 Å². The highest BCUT2D eigenvalue weighted by atomic mass is 32.2. The van der Waals surface area contributed by atoms with Gasteiger partial charge in [-0.2, -0.15) is 4.31 Å². The third-order valence-corrected chi connectivity index (χ3v) is 6.96. The van der Waals surface area contributed by atoms with Gasteiger partial charge in [0, 0.05) is 24.8 Å². The Hall–Kier alpha value is -2.78. The van der Waals surface area contributed by atoms with Gasteiger partial charge in [-0.3, -0.25) is 9.59 Å². The average Bonchev–Trinajstić information content (AvgIpc) is 2.75. The Kier molecular flexibility index (Phi) is 7.17. The molecule has 0 unspecified atom stereocenters. The molecule has 7 nitrogen and oxygen atoms in total. The molecule has 1 saturated heterocycles. The van der Waals surface area contributed by atoms with Crippen LogP contribution in [-0.4, -0.2) is 43.7 Å². The molecule has 2 N–H and O–H groups in total. The fourth-order valence-corrected chi connectivity index (χ4v) is 5.19. The van der Waals surface area contributed by atoms with Crippen molar-refractivity contribution in [3.8, 4) is 0 Å². The number of halogens is 1. The van der Waals surface area contributed by atoms with Crippen LogP contribution >= 0.6 is 0 Å². The molecule has 2 aromatic rings. The number of anilines is 1. The van der Waals surface area contributed by atoms with Crippen LogP contribution < -0.4 is 10.6 Å². The van der Waals surface area contributed by atoms with Crippen molar-refractivity contribution in [3.05, 3.63) is 60.4 Å². The van der Waals surface area contributed by atoms with E-state index in [2.05, 4.69) is 10.6 Å². The van der Waals surface area contributed by atoms with Gasteiger partial charge in [-0.15, -0.1) is 0 Å². The molecule has 1 aliphatic heterocycles. The average molecular weight is 434 g/mol. The highest BCUT2D eigenvalue weighted by molar-refractivity contribution is 7.89. The number of nitrogens with zero attached hydrogens (tertiary/aromatic N) is 1. The van der Waals surface area contributed by atoms with E-state index < -0.39 is 27.7 Å². The van der Waals surface area contributed by atoms with Crippen LogP contribution in [0.3, 0.4) is 0 Å². The van der Waals surface area contributed by atoms with Crippen molar-refractivity contribution in [1.29, 1.82) is 0 Å². The van der Waals surface area contributed by atoms with E-state index in [4.69, 9.17) is 0 Å². The van der Waals surface area contributed by atoms with Gasteiger partial charge in [0.15, 0.2) is 0 Å². The lowest BCUT2D eigenvalue weighted by molar-refractivity contribution is -0.136. The molecule has 9 heteroatoms. The Morgan fingerprint density at radius 3 is 2.40 bits per heavy atom. The van der Waals surface area contributed by atoms with Crippen molar-refractivity contribution in [1.82, 2.24) is 9.62 Å². The number of sulfonamides is 1. The second-order valence-electron chi connectivity index (χ2n) is 7.08. The van der Waals surface area contributed by atoms with E-state index in [1.807, 2.05) is 0 Å². The number of amides is 2. The lowest BCUT2D eigenvalue weighted by Crippen LogP contribution is -2.45. The minimum absolute atomic E-state index is 0.0436. The molecule has 0 spiro atoms. The van der Waals surface area contributed by atoms with Crippen LogP contribution in [-0.2, 0) is 19.6 Å². The molecule has 1 aliphatic rings. The van der Waals surface area contributed by atoms with Gasteiger partial charge in [0.2, 0.25) is 10.0 Å². The maximum atomic E-state index is 13.2. The summed E-state index contributed by atoms with van der Waals surface area (Å²) in [6.45, 7) is 0.536. The summed E-state index contributed by atoms with van der Waals surface area (Å²) in [7, 11) is -3.76. The van der Waals surface area contributed by atoms with Gasteiger partial charge in [-0.1, -0.05) is 24.6 Å². The SMILES string of the molecule is O=C(NCC[C@H]1CCCCN1S(=O)(=O)c1ccc(F)cc1)C(=O)Nc1ccccc1. The number of rotatable bonds is 6. The number of para-hydroxylation sites is 1. The molecule has 1 heterocycles. The lowest BCUT2D eigenvalue weighted by Gasteiger charge is -2.34. The Morgan fingerprint density at radius 1 is 1.00 bits per heavy atom. The molecule has 1 atom stereocenters. The van der Waals surface area contributed by atoms with Gasteiger partial charge in [0.1, 0.15) is 5.82 Å². The molecule has 3 rings (SSSR count). The summed E-state index contributed by atoms with van der Waals surface area (Å²) in [5.74, 6) is -2.05. The van der Waals surface area contributed by atoms with Gasteiger partial charge in [0.05, 0.1) is 4.90 Å². The molecule has 0 saturated carbocycles. The molecular weight excluding hydrogens is 409 g/mol. The van der Waals surface area contributed by atoms with Crippen LogP contribution in [0.4, 0.5) is 10.1 Å². The Bertz CT molecular complexity index is 981. The van der Waals surface area contributed by atoms with Gasteiger partial charge in [0.25, 0.3) is 0 Å². The Morgan fingerprint density at radius 2 is 1.70 bits per heavy atom. The zero-order valence-electron chi connectivity index (χ0n) is 16.4. The highest BCUT2D eigenvalue weighted by Crippen LogP contribution is 2.27. The predicted octanol–water partition coefficient (Wildman–Crippen LogP) is 2.51. The van der Waals surface area contributed by atoms with Crippen molar-refractivity contribution in [2.75, 3.05) is 18.4 Å². The number of carbonyl (C=O) groups excluding carboxylic acids is 2. The summed E-state index contributed by atoms with van der Waals surface area (Å²) >= 11 is 0. The van der Waals surface area contributed by atoms with Crippen LogP contribution in [0, 0.1) is 5.82 Å². The lowest BCUT2D eigenvalue weighted by atomic mass is 10.0. The van der Waals surface area contributed by atoms with E-state index in [1.54, 1.807) is 30.3 Å². The van der Waals surface area contributed by atoms with Crippen molar-refractivity contribution < 1.29 is 22.4 Å². The number of nitrogens with one attached hydrogen (secondary N) is 2. The molecule has 0 aromatic heterocycles. The maximum absolute atomic E-state index is 13.2. The summed E-state index contributed by atoms with van der Waals surface area (Å²) < 4.78 is 40.5. The van der Waals surface area contributed by atoms with Crippen LogP contribution in [0.5, 0.6) is 0 Å². The predicted molar refractivity (Wildman–Crippen MR) is 111 cm³/mol. The topological polar surface area (TPSA) is 95.6 Å². The smallest absolute Gasteiger partial charge is 0.313 e. The molecule has 0 aliphatic carbocycles. The zero-order valence-corrected chi connectivity index (χ0v) is 17.2. The second-order valence-corrected chi connectivity index (χ2v) is 8.97. The first-order valence-electron chi connectivity index (χ1n) is 9.79. The third-order valence-electron chi connectivity index (χ3n) is 4.99. The van der Waals surface area contributed by atoms with Crippen molar-refractivity contribution in [2.24, 2.45) is 0 Å². The van der Waals surface area contributed by atoms with E-state index in [-0.39, 0.29) is 17.5 Å². The monoisotopic (exact) mass is 433 g/mol. The number of hydrogen-bond acceptors (Lipinski definition) is 4. The third kappa shape index (κ3) is 5.43. The summed E-state index contributed by atoms with van der Waals surface area (Å²) in [5, 5.41) is 5.05. The van der Waals surface area contributed by atoms with Gasteiger partial charge in [-0.05, 0) is 55.7 Å². The van der Waals surface area contributed by atoms with Crippen LogP contribution in [0.15, 0.2) is 59.5 Å². The molecule has 160 valence electrons. The molecule has 2 aromatic carbocycles. The minimum Gasteiger partial charge on any atom is -0.348 e. The van der Waals surface area contributed by atoms with Crippen molar-refractivity contribution in [3.63, 3.8) is 0 Å². The quantitative estimate of drug-likeness (QED) is 0.685. The summed E-state index contributed by atoms with van der Waals surface area (Å²) in [6, 6.07) is 13.1. The highest BCUT2D eigenvalue weighted by Gasteiger charge is 2.33. The van der Waals surface area contributed by atoms with E-state index in [9.17, 15) is 22.4 Å². The largest absolute Gasteiger partial charge is 0.348 e. The number of piperidine rings is 1. The van der Waals surface area contributed by atoms with Crippen LogP contribution in [0.25, 0.3) is 0 Å². The van der Waals surface area contributed by atoms with Gasteiger partial charge >= 0.3 is 11.8 Å². The summed E-state index contributed by atoms with van der Waals surface area (Å²) in [5.41, 5.74) is 0.515. The van der Waals surface area contributed by atoms with Gasteiger partial charge in [-0.25, -0.2) is 12.8 Å². The van der Waals surface area contributed by atoms with E-state index >= 15 is 0 Å². The Balaban J connectivity index is 1.57. The number of hydrogen-bond donors (Lipinski definition) is 2. The van der Waals surface area contributed by atoms with Gasteiger partial charge < -0.3 is 10.6 Å². The molecular formula is C21H24FN3O4S. The van der Waals surface area contributed by atoms with E-state index in [0.717, 1.165) is 25.0 Å². The number of benzene rings is 2. The van der Waals surface area contributed by atoms with Crippen molar-refractivity contribution >= 4 is 27.5 Å². The van der Waals surface area contributed by atoms with E-state index in [0.29, 0.717) is 25.1 Å². The maximum Gasteiger partial charge on any atom is 0.313 e. The molecule has 30 heavy (non-hydrogen) atoms. The zero-order chi connectivity index (χ0) is 21.6. The minimum atomic E-state index is -3.76. The number of carbonyl (C=O) groups is 2. The Labute approximate surface area is 175 Å². The fraction of sp³-hybridized carbons (Fsp3) is 0.333.